The monoisotopic (exact) mass is 241 g/mol. The van der Waals surface area contributed by atoms with Crippen molar-refractivity contribution in [3.63, 3.8) is 0 Å². The average Bonchev–Trinajstić information content (AvgIpc) is 3.12. The van der Waals surface area contributed by atoms with Crippen LogP contribution in [0.15, 0.2) is 42.7 Å². The van der Waals surface area contributed by atoms with Gasteiger partial charge in [0, 0.05) is 30.5 Å². The van der Waals surface area contributed by atoms with E-state index in [9.17, 15) is 0 Å². The molecule has 1 aromatic carbocycles. The first-order valence-electron chi connectivity index (χ1n) is 6.73. The Morgan fingerprint density at radius 3 is 2.83 bits per heavy atom. The predicted molar refractivity (Wildman–Crippen MR) is 73.3 cm³/mol. The summed E-state index contributed by atoms with van der Waals surface area (Å²) >= 11 is 0. The number of aromatic nitrogens is 2. The number of nitrogens with one attached hydrogen (secondary N) is 1. The van der Waals surface area contributed by atoms with Crippen LogP contribution in [0, 0.1) is 0 Å². The smallest absolute Gasteiger partial charge is 0.139 e. The van der Waals surface area contributed by atoms with Crippen molar-refractivity contribution in [1.29, 1.82) is 0 Å². The molecule has 0 amide bonds. The van der Waals surface area contributed by atoms with Crippen LogP contribution in [0.3, 0.4) is 0 Å². The summed E-state index contributed by atoms with van der Waals surface area (Å²) in [6.07, 6.45) is 7.84. The first-order valence-corrected chi connectivity index (χ1v) is 6.73. The molecule has 0 radical (unpaired) electrons. The first-order chi connectivity index (χ1) is 8.93. The molecular weight excluding hydrogens is 222 g/mol. The van der Waals surface area contributed by atoms with Crippen LogP contribution < -0.4 is 5.32 Å². The van der Waals surface area contributed by atoms with Gasteiger partial charge in [0.2, 0.25) is 0 Å². The lowest BCUT2D eigenvalue weighted by molar-refractivity contribution is 0.582. The Kier molecular flexibility index (Phi) is 3.42. The minimum atomic E-state index is 0.807. The Labute approximate surface area is 108 Å². The standard InChI is InChI=1S/C15H19N3/c1-2-5-13(6-3-1)15-17-10-12-18(15)11-4-9-16-14-7-8-14/h1-3,5-6,10,12,14,16H,4,7-9,11H2. The summed E-state index contributed by atoms with van der Waals surface area (Å²) in [5, 5.41) is 3.54. The van der Waals surface area contributed by atoms with E-state index in [1.165, 1.54) is 18.4 Å². The molecule has 0 saturated heterocycles. The molecule has 3 rings (SSSR count). The predicted octanol–water partition coefficient (Wildman–Crippen LogP) is 2.69. The van der Waals surface area contributed by atoms with Gasteiger partial charge in [0.05, 0.1) is 0 Å². The molecule has 0 aliphatic heterocycles. The molecule has 3 heteroatoms. The van der Waals surface area contributed by atoms with Gasteiger partial charge < -0.3 is 9.88 Å². The summed E-state index contributed by atoms with van der Waals surface area (Å²) in [6.45, 7) is 2.14. The second-order valence-corrected chi connectivity index (χ2v) is 4.89. The highest BCUT2D eigenvalue weighted by molar-refractivity contribution is 5.54. The lowest BCUT2D eigenvalue weighted by Gasteiger charge is -2.08. The molecule has 94 valence electrons. The van der Waals surface area contributed by atoms with E-state index in [4.69, 9.17) is 0 Å². The van der Waals surface area contributed by atoms with Gasteiger partial charge in [-0.2, -0.15) is 0 Å². The van der Waals surface area contributed by atoms with E-state index in [0.717, 1.165) is 31.4 Å². The molecule has 1 N–H and O–H groups in total. The van der Waals surface area contributed by atoms with E-state index in [0.29, 0.717) is 0 Å². The highest BCUT2D eigenvalue weighted by Gasteiger charge is 2.19. The van der Waals surface area contributed by atoms with Crippen LogP contribution in [0.25, 0.3) is 11.4 Å². The van der Waals surface area contributed by atoms with Gasteiger partial charge in [-0.3, -0.25) is 0 Å². The zero-order valence-corrected chi connectivity index (χ0v) is 10.5. The quantitative estimate of drug-likeness (QED) is 0.788. The zero-order valence-electron chi connectivity index (χ0n) is 10.5. The van der Waals surface area contributed by atoms with Crippen LogP contribution in [-0.2, 0) is 6.54 Å². The Balaban J connectivity index is 1.60. The molecule has 1 aliphatic rings. The van der Waals surface area contributed by atoms with E-state index >= 15 is 0 Å². The van der Waals surface area contributed by atoms with E-state index in [2.05, 4.69) is 45.3 Å². The van der Waals surface area contributed by atoms with Crippen molar-refractivity contribution in [3.8, 4) is 11.4 Å². The van der Waals surface area contributed by atoms with E-state index in [-0.39, 0.29) is 0 Å². The third-order valence-electron chi connectivity index (χ3n) is 3.33. The number of hydrogen-bond donors (Lipinski definition) is 1. The van der Waals surface area contributed by atoms with E-state index < -0.39 is 0 Å². The van der Waals surface area contributed by atoms with Gasteiger partial charge in [0.1, 0.15) is 5.82 Å². The highest BCUT2D eigenvalue weighted by Crippen LogP contribution is 2.19. The van der Waals surface area contributed by atoms with Crippen LogP contribution in [0.2, 0.25) is 0 Å². The van der Waals surface area contributed by atoms with Crippen molar-refractivity contribution in [2.45, 2.75) is 31.8 Å². The number of hydrogen-bond acceptors (Lipinski definition) is 2. The van der Waals surface area contributed by atoms with Gasteiger partial charge in [-0.25, -0.2) is 4.98 Å². The normalized spacial score (nSPS) is 14.9. The SMILES string of the molecule is c1ccc(-c2nccn2CCCNC2CC2)cc1. The number of imidazole rings is 1. The largest absolute Gasteiger partial charge is 0.331 e. The molecular formula is C15H19N3. The van der Waals surface area contributed by atoms with Gasteiger partial charge in [0.15, 0.2) is 0 Å². The van der Waals surface area contributed by atoms with Crippen LogP contribution in [0.4, 0.5) is 0 Å². The van der Waals surface area contributed by atoms with Crippen LogP contribution in [0.1, 0.15) is 19.3 Å². The topological polar surface area (TPSA) is 29.9 Å². The molecule has 1 aliphatic carbocycles. The maximum atomic E-state index is 4.46. The highest BCUT2D eigenvalue weighted by atomic mass is 15.1. The second-order valence-electron chi connectivity index (χ2n) is 4.89. The van der Waals surface area contributed by atoms with Crippen molar-refractivity contribution in [1.82, 2.24) is 14.9 Å². The molecule has 1 saturated carbocycles. The van der Waals surface area contributed by atoms with Crippen molar-refractivity contribution in [2.24, 2.45) is 0 Å². The molecule has 0 atom stereocenters. The zero-order chi connectivity index (χ0) is 12.2. The van der Waals surface area contributed by atoms with Crippen LogP contribution in [-0.4, -0.2) is 22.1 Å². The second kappa shape index (κ2) is 5.36. The fourth-order valence-electron chi connectivity index (χ4n) is 2.18. The Bertz CT molecular complexity index is 485. The van der Waals surface area contributed by atoms with Crippen molar-refractivity contribution >= 4 is 0 Å². The van der Waals surface area contributed by atoms with Gasteiger partial charge in [-0.15, -0.1) is 0 Å². The first kappa shape index (κ1) is 11.5. The molecule has 2 aromatic rings. The minimum absolute atomic E-state index is 0.807. The molecule has 0 bridgehead atoms. The molecule has 1 fully saturated rings. The number of benzene rings is 1. The van der Waals surface area contributed by atoms with Gasteiger partial charge >= 0.3 is 0 Å². The Morgan fingerprint density at radius 2 is 2.06 bits per heavy atom. The summed E-state index contributed by atoms with van der Waals surface area (Å²) in [4.78, 5) is 4.46. The molecule has 0 unspecified atom stereocenters. The fraction of sp³-hybridized carbons (Fsp3) is 0.400. The summed E-state index contributed by atoms with van der Waals surface area (Å²) in [6, 6.07) is 11.2. The average molecular weight is 241 g/mol. The lowest BCUT2D eigenvalue weighted by atomic mass is 10.2. The number of rotatable bonds is 6. The molecule has 3 nitrogen and oxygen atoms in total. The summed E-state index contributed by atoms with van der Waals surface area (Å²) in [5.41, 5.74) is 1.19. The maximum absolute atomic E-state index is 4.46. The third kappa shape index (κ3) is 2.79. The third-order valence-corrected chi connectivity index (χ3v) is 3.33. The van der Waals surface area contributed by atoms with Gasteiger partial charge in [0.25, 0.3) is 0 Å². The minimum Gasteiger partial charge on any atom is -0.331 e. The van der Waals surface area contributed by atoms with Crippen LogP contribution >= 0.6 is 0 Å². The lowest BCUT2D eigenvalue weighted by Crippen LogP contribution is -2.18. The van der Waals surface area contributed by atoms with Crippen molar-refractivity contribution < 1.29 is 0 Å². The van der Waals surface area contributed by atoms with Crippen LogP contribution in [0.5, 0.6) is 0 Å². The van der Waals surface area contributed by atoms with E-state index in [1.807, 2.05) is 12.3 Å². The summed E-state index contributed by atoms with van der Waals surface area (Å²) < 4.78 is 2.24. The molecule has 1 aromatic heterocycles. The Hall–Kier alpha value is -1.61. The molecule has 0 spiro atoms. The molecule has 18 heavy (non-hydrogen) atoms. The fourth-order valence-corrected chi connectivity index (χ4v) is 2.18. The summed E-state index contributed by atoms with van der Waals surface area (Å²) in [7, 11) is 0. The number of aryl methyl sites for hydroxylation is 1. The Morgan fingerprint density at radius 1 is 1.22 bits per heavy atom. The van der Waals surface area contributed by atoms with Crippen molar-refractivity contribution in [3.05, 3.63) is 42.7 Å². The van der Waals surface area contributed by atoms with E-state index in [1.54, 1.807) is 0 Å². The summed E-state index contributed by atoms with van der Waals surface area (Å²) in [5.74, 6) is 1.07. The van der Waals surface area contributed by atoms with Gasteiger partial charge in [-0.1, -0.05) is 30.3 Å². The maximum Gasteiger partial charge on any atom is 0.139 e. The molecule has 1 heterocycles. The van der Waals surface area contributed by atoms with Crippen molar-refractivity contribution in [2.75, 3.05) is 6.54 Å². The number of nitrogens with zero attached hydrogens (tertiary/aromatic N) is 2. The van der Waals surface area contributed by atoms with Gasteiger partial charge in [-0.05, 0) is 25.8 Å².